The number of carbonyl (C=O) groups excluding carboxylic acids is 1. The average molecular weight is 351 g/mol. The Hall–Kier alpha value is -1.53. The molecule has 4 nitrogen and oxygen atoms in total. The van der Waals surface area contributed by atoms with Crippen LogP contribution in [0.2, 0.25) is 0 Å². The molecule has 1 N–H and O–H groups in total. The van der Waals surface area contributed by atoms with E-state index in [0.717, 1.165) is 21.3 Å². The number of ether oxygens (including phenoxy) is 1. The van der Waals surface area contributed by atoms with E-state index in [1.165, 1.54) is 11.8 Å². The van der Waals surface area contributed by atoms with E-state index in [-0.39, 0.29) is 11.9 Å². The van der Waals surface area contributed by atoms with Gasteiger partial charge >= 0.3 is 0 Å². The Morgan fingerprint density at radius 2 is 2.04 bits per heavy atom. The lowest BCUT2D eigenvalue weighted by atomic mass is 9.96. The first kappa shape index (κ1) is 17.8. The summed E-state index contributed by atoms with van der Waals surface area (Å²) in [5.74, 6) is 1.53. The fourth-order valence-electron chi connectivity index (χ4n) is 2.19. The maximum Gasteiger partial charge on any atom is 0.230 e. The van der Waals surface area contributed by atoms with Gasteiger partial charge in [0.2, 0.25) is 5.91 Å². The van der Waals surface area contributed by atoms with Crippen LogP contribution < -0.4 is 10.1 Å². The molecule has 1 atom stereocenters. The normalized spacial score (nSPS) is 12.2. The number of carbonyl (C=O) groups is 1. The fraction of sp³-hybridized carbons (Fsp3) is 0.412. The van der Waals surface area contributed by atoms with Crippen LogP contribution in [0, 0.1) is 12.8 Å². The Morgan fingerprint density at radius 3 is 2.57 bits per heavy atom. The van der Waals surface area contributed by atoms with Gasteiger partial charge in [0.05, 0.1) is 18.9 Å². The highest BCUT2D eigenvalue weighted by molar-refractivity contribution is 8.01. The topological polar surface area (TPSA) is 51.2 Å². The molecule has 0 aliphatic carbocycles. The molecule has 0 saturated carbocycles. The molecule has 1 aromatic heterocycles. The number of benzene rings is 1. The van der Waals surface area contributed by atoms with Gasteiger partial charge in [-0.2, -0.15) is 0 Å². The monoisotopic (exact) mass is 350 g/mol. The highest BCUT2D eigenvalue weighted by atomic mass is 32.2. The van der Waals surface area contributed by atoms with E-state index in [1.54, 1.807) is 18.4 Å². The molecule has 0 bridgehead atoms. The zero-order valence-corrected chi connectivity index (χ0v) is 15.5. The third kappa shape index (κ3) is 5.25. The Balaban J connectivity index is 1.96. The summed E-state index contributed by atoms with van der Waals surface area (Å²) < 4.78 is 6.12. The fourth-order valence-corrected chi connectivity index (χ4v) is 3.85. The lowest BCUT2D eigenvalue weighted by molar-refractivity contribution is -0.119. The van der Waals surface area contributed by atoms with Gasteiger partial charge in [-0.3, -0.25) is 4.79 Å². The number of nitrogens with one attached hydrogen (secondary N) is 1. The first-order valence-corrected chi connectivity index (χ1v) is 9.34. The highest BCUT2D eigenvalue weighted by Gasteiger charge is 2.18. The van der Waals surface area contributed by atoms with E-state index in [2.05, 4.69) is 24.1 Å². The summed E-state index contributed by atoms with van der Waals surface area (Å²) in [7, 11) is 1.65. The number of methoxy groups -OCH3 is 1. The largest absolute Gasteiger partial charge is 0.497 e. The molecule has 2 rings (SSSR count). The predicted octanol–water partition coefficient (Wildman–Crippen LogP) is 4.07. The molecule has 1 heterocycles. The van der Waals surface area contributed by atoms with E-state index in [9.17, 15) is 4.79 Å². The van der Waals surface area contributed by atoms with Gasteiger partial charge in [-0.15, -0.1) is 11.3 Å². The van der Waals surface area contributed by atoms with Crippen LogP contribution in [0.25, 0.3) is 0 Å². The van der Waals surface area contributed by atoms with Gasteiger partial charge in [0.25, 0.3) is 0 Å². The predicted molar refractivity (Wildman–Crippen MR) is 96.3 cm³/mol. The first-order chi connectivity index (χ1) is 11.0. The van der Waals surface area contributed by atoms with E-state index >= 15 is 0 Å². The summed E-state index contributed by atoms with van der Waals surface area (Å²) in [5.41, 5.74) is 2.08. The smallest absolute Gasteiger partial charge is 0.230 e. The minimum absolute atomic E-state index is 0.00737. The minimum atomic E-state index is -0.00737. The Kier molecular flexibility index (Phi) is 6.47. The number of rotatable bonds is 7. The van der Waals surface area contributed by atoms with E-state index < -0.39 is 0 Å². The second-order valence-electron chi connectivity index (χ2n) is 5.61. The number of hydrogen-bond donors (Lipinski definition) is 1. The molecular weight excluding hydrogens is 328 g/mol. The summed E-state index contributed by atoms with van der Waals surface area (Å²) in [4.78, 5) is 16.6. The molecule has 1 unspecified atom stereocenters. The molecule has 1 amide bonds. The van der Waals surface area contributed by atoms with Gasteiger partial charge in [0.1, 0.15) is 5.75 Å². The van der Waals surface area contributed by atoms with Crippen LogP contribution in [0.5, 0.6) is 5.75 Å². The number of nitrogens with zero attached hydrogens (tertiary/aromatic N) is 1. The van der Waals surface area contributed by atoms with Crippen molar-refractivity contribution in [3.8, 4) is 5.75 Å². The molecule has 6 heteroatoms. The Morgan fingerprint density at radius 1 is 1.35 bits per heavy atom. The SMILES string of the molecule is COc1ccc(C(NC(=O)CSc2nc(C)cs2)C(C)C)cc1. The van der Waals surface area contributed by atoms with Crippen LogP contribution in [-0.2, 0) is 4.79 Å². The van der Waals surface area contributed by atoms with Crippen LogP contribution >= 0.6 is 23.1 Å². The lowest BCUT2D eigenvalue weighted by Gasteiger charge is -2.23. The Bertz CT molecular complexity index is 638. The maximum atomic E-state index is 12.3. The molecule has 0 aliphatic rings. The van der Waals surface area contributed by atoms with Crippen LogP contribution in [0.3, 0.4) is 0 Å². The molecule has 1 aromatic carbocycles. The average Bonchev–Trinajstić information content (AvgIpc) is 2.96. The van der Waals surface area contributed by atoms with Crippen LogP contribution in [0.1, 0.15) is 31.1 Å². The Labute approximate surface area is 145 Å². The van der Waals surface area contributed by atoms with Gasteiger partial charge in [0, 0.05) is 11.1 Å². The van der Waals surface area contributed by atoms with E-state index in [4.69, 9.17) is 4.74 Å². The number of hydrogen-bond acceptors (Lipinski definition) is 5. The lowest BCUT2D eigenvalue weighted by Crippen LogP contribution is -2.32. The molecule has 0 saturated heterocycles. The quantitative estimate of drug-likeness (QED) is 0.765. The van der Waals surface area contributed by atoms with Gasteiger partial charge in [0.15, 0.2) is 4.34 Å². The first-order valence-electron chi connectivity index (χ1n) is 7.48. The molecule has 0 radical (unpaired) electrons. The summed E-state index contributed by atoms with van der Waals surface area (Å²) >= 11 is 3.05. The summed E-state index contributed by atoms with van der Waals surface area (Å²) in [6, 6.07) is 7.84. The van der Waals surface area contributed by atoms with Gasteiger partial charge < -0.3 is 10.1 Å². The van der Waals surface area contributed by atoms with Crippen molar-refractivity contribution in [3.63, 3.8) is 0 Å². The molecule has 23 heavy (non-hydrogen) atoms. The van der Waals surface area contributed by atoms with Crippen molar-refractivity contribution in [2.75, 3.05) is 12.9 Å². The number of aromatic nitrogens is 1. The molecular formula is C17H22N2O2S2. The third-order valence-corrected chi connectivity index (χ3v) is 5.52. The number of amides is 1. The van der Waals surface area contributed by atoms with Crippen LogP contribution in [0.15, 0.2) is 34.0 Å². The number of thioether (sulfide) groups is 1. The van der Waals surface area contributed by atoms with Crippen LogP contribution in [-0.4, -0.2) is 23.8 Å². The van der Waals surface area contributed by atoms with Crippen molar-refractivity contribution >= 4 is 29.0 Å². The highest BCUT2D eigenvalue weighted by Crippen LogP contribution is 2.25. The van der Waals surface area contributed by atoms with Gasteiger partial charge in [-0.25, -0.2) is 4.98 Å². The van der Waals surface area contributed by atoms with Crippen molar-refractivity contribution in [2.45, 2.75) is 31.2 Å². The van der Waals surface area contributed by atoms with Crippen molar-refractivity contribution in [1.82, 2.24) is 10.3 Å². The van der Waals surface area contributed by atoms with Crippen molar-refractivity contribution < 1.29 is 9.53 Å². The number of thiazole rings is 1. The zero-order chi connectivity index (χ0) is 16.8. The second-order valence-corrected chi connectivity index (χ2v) is 7.69. The molecule has 0 fully saturated rings. The van der Waals surface area contributed by atoms with E-state index in [0.29, 0.717) is 11.7 Å². The van der Waals surface area contributed by atoms with Gasteiger partial charge in [-0.05, 0) is 30.5 Å². The second kappa shape index (κ2) is 8.36. The standard InChI is InChI=1S/C17H22N2O2S2/c1-11(2)16(13-5-7-14(21-4)8-6-13)19-15(20)10-23-17-18-12(3)9-22-17/h5-9,11,16H,10H2,1-4H3,(H,19,20). The van der Waals surface area contributed by atoms with Crippen LogP contribution in [0.4, 0.5) is 0 Å². The maximum absolute atomic E-state index is 12.3. The molecule has 124 valence electrons. The zero-order valence-electron chi connectivity index (χ0n) is 13.8. The van der Waals surface area contributed by atoms with Crippen molar-refractivity contribution in [3.05, 3.63) is 40.9 Å². The van der Waals surface area contributed by atoms with Gasteiger partial charge in [-0.1, -0.05) is 37.7 Å². The third-order valence-electron chi connectivity index (χ3n) is 3.38. The molecule has 0 spiro atoms. The minimum Gasteiger partial charge on any atom is -0.497 e. The molecule has 0 aliphatic heterocycles. The summed E-state index contributed by atoms with van der Waals surface area (Å²) in [5, 5.41) is 5.12. The summed E-state index contributed by atoms with van der Waals surface area (Å²) in [6.45, 7) is 6.16. The summed E-state index contributed by atoms with van der Waals surface area (Å²) in [6.07, 6.45) is 0. The molecule has 2 aromatic rings. The number of aryl methyl sites for hydroxylation is 1. The van der Waals surface area contributed by atoms with Crippen molar-refractivity contribution in [2.24, 2.45) is 5.92 Å². The van der Waals surface area contributed by atoms with E-state index in [1.807, 2.05) is 36.6 Å². The van der Waals surface area contributed by atoms with Crippen molar-refractivity contribution in [1.29, 1.82) is 0 Å².